The second-order valence-corrected chi connectivity index (χ2v) is 4.74. The van der Waals surface area contributed by atoms with E-state index < -0.39 is 5.91 Å². The molecule has 1 aromatic carbocycles. The monoisotopic (exact) mass is 324 g/mol. The number of hydrogen-bond donors (Lipinski definition) is 4. The molecule has 0 aliphatic rings. The zero-order valence-corrected chi connectivity index (χ0v) is 12.5. The van der Waals surface area contributed by atoms with Gasteiger partial charge in [0, 0.05) is 25.0 Å². The summed E-state index contributed by atoms with van der Waals surface area (Å²) >= 11 is 5.95. The van der Waals surface area contributed by atoms with Crippen molar-refractivity contribution in [1.29, 1.82) is 5.26 Å². The summed E-state index contributed by atoms with van der Waals surface area (Å²) < 4.78 is 0. The molecular formula is C14H17ClN4O3. The third-order valence-corrected chi connectivity index (χ3v) is 3.01. The first-order chi connectivity index (χ1) is 10.5. The van der Waals surface area contributed by atoms with E-state index in [0.29, 0.717) is 11.4 Å². The van der Waals surface area contributed by atoms with Crippen molar-refractivity contribution >= 4 is 28.9 Å². The molecule has 118 valence electrons. The maximum absolute atomic E-state index is 12.1. The van der Waals surface area contributed by atoms with Crippen LogP contribution in [0.3, 0.4) is 0 Å². The van der Waals surface area contributed by atoms with E-state index in [4.69, 9.17) is 32.8 Å². The number of carbonyl (C=O) groups is 1. The molecule has 0 saturated heterocycles. The van der Waals surface area contributed by atoms with Crippen LogP contribution in [0.2, 0.25) is 5.02 Å². The Morgan fingerprint density at radius 3 is 2.55 bits per heavy atom. The molecule has 0 heterocycles. The van der Waals surface area contributed by atoms with Crippen molar-refractivity contribution in [2.24, 2.45) is 0 Å². The summed E-state index contributed by atoms with van der Waals surface area (Å²) in [6.07, 6.45) is 1.28. The molecule has 0 radical (unpaired) electrons. The van der Waals surface area contributed by atoms with Gasteiger partial charge in [-0.3, -0.25) is 4.79 Å². The first-order valence-electron chi connectivity index (χ1n) is 6.46. The Morgan fingerprint density at radius 2 is 2.05 bits per heavy atom. The Kier molecular flexibility index (Phi) is 7.19. The van der Waals surface area contributed by atoms with Crippen LogP contribution in [0.4, 0.5) is 11.4 Å². The highest BCUT2D eigenvalue weighted by atomic mass is 35.5. The van der Waals surface area contributed by atoms with Crippen molar-refractivity contribution in [2.75, 3.05) is 37.4 Å². The van der Waals surface area contributed by atoms with E-state index in [0.717, 1.165) is 0 Å². The predicted molar refractivity (Wildman–Crippen MR) is 83.9 cm³/mol. The van der Waals surface area contributed by atoms with Gasteiger partial charge in [-0.2, -0.15) is 5.26 Å². The molecule has 0 fully saturated rings. The molecular weight excluding hydrogens is 308 g/mol. The van der Waals surface area contributed by atoms with E-state index >= 15 is 0 Å². The summed E-state index contributed by atoms with van der Waals surface area (Å²) in [6.45, 7) is 0.0600. The van der Waals surface area contributed by atoms with Crippen molar-refractivity contribution < 1.29 is 15.0 Å². The molecule has 0 aliphatic heterocycles. The predicted octanol–water partition coefficient (Wildman–Crippen LogP) is 0.555. The Labute approximate surface area is 133 Å². The third kappa shape index (κ3) is 5.26. The van der Waals surface area contributed by atoms with Crippen LogP contribution in [0, 0.1) is 11.3 Å². The van der Waals surface area contributed by atoms with Gasteiger partial charge >= 0.3 is 0 Å². The highest BCUT2D eigenvalue weighted by Crippen LogP contribution is 2.24. The van der Waals surface area contributed by atoms with E-state index in [2.05, 4.69) is 5.32 Å². The largest absolute Gasteiger partial charge is 0.399 e. The van der Waals surface area contributed by atoms with Crippen molar-refractivity contribution in [1.82, 2.24) is 4.90 Å². The van der Waals surface area contributed by atoms with Crippen LogP contribution in [-0.2, 0) is 4.79 Å². The van der Waals surface area contributed by atoms with Gasteiger partial charge in [0.2, 0.25) is 0 Å². The summed E-state index contributed by atoms with van der Waals surface area (Å²) in [4.78, 5) is 13.6. The van der Waals surface area contributed by atoms with Crippen LogP contribution in [0.5, 0.6) is 0 Å². The number of nitrogens with one attached hydrogen (secondary N) is 1. The van der Waals surface area contributed by atoms with E-state index in [9.17, 15) is 4.79 Å². The second-order valence-electron chi connectivity index (χ2n) is 4.33. The van der Waals surface area contributed by atoms with E-state index in [1.54, 1.807) is 12.1 Å². The number of benzene rings is 1. The van der Waals surface area contributed by atoms with Gasteiger partial charge in [-0.1, -0.05) is 11.6 Å². The number of halogens is 1. The average molecular weight is 325 g/mol. The van der Waals surface area contributed by atoms with Crippen LogP contribution >= 0.6 is 11.6 Å². The SMILES string of the molecule is N#C/C(=C/N(CCO)CCO)C(=O)Nc1ccc(N)cc1Cl. The van der Waals surface area contributed by atoms with Crippen LogP contribution in [0.25, 0.3) is 0 Å². The Bertz CT molecular complexity index is 592. The number of amides is 1. The number of aliphatic hydroxyl groups is 2. The van der Waals surface area contributed by atoms with Crippen molar-refractivity contribution in [3.63, 3.8) is 0 Å². The first kappa shape index (κ1) is 17.8. The Hall–Kier alpha value is -2.27. The molecule has 5 N–H and O–H groups in total. The number of nitriles is 1. The minimum Gasteiger partial charge on any atom is -0.399 e. The molecule has 1 rings (SSSR count). The number of anilines is 2. The molecule has 0 atom stereocenters. The lowest BCUT2D eigenvalue weighted by Gasteiger charge is -2.18. The maximum atomic E-state index is 12.1. The minimum absolute atomic E-state index is 0.166. The normalized spacial score (nSPS) is 10.9. The highest BCUT2D eigenvalue weighted by Gasteiger charge is 2.13. The van der Waals surface area contributed by atoms with E-state index in [-0.39, 0.29) is 36.9 Å². The van der Waals surface area contributed by atoms with Gasteiger partial charge in [0.05, 0.1) is 23.9 Å². The van der Waals surface area contributed by atoms with Crippen LogP contribution in [0.1, 0.15) is 0 Å². The summed E-state index contributed by atoms with van der Waals surface area (Å²) in [5.74, 6) is -0.643. The van der Waals surface area contributed by atoms with Crippen LogP contribution < -0.4 is 11.1 Å². The van der Waals surface area contributed by atoms with Gasteiger partial charge < -0.3 is 26.2 Å². The van der Waals surface area contributed by atoms with Crippen LogP contribution in [0.15, 0.2) is 30.0 Å². The number of nitrogen functional groups attached to an aromatic ring is 1. The number of nitrogens with zero attached hydrogens (tertiary/aromatic N) is 2. The topological polar surface area (TPSA) is 123 Å². The summed E-state index contributed by atoms with van der Waals surface area (Å²) in [5, 5.41) is 29.7. The average Bonchev–Trinajstić information content (AvgIpc) is 2.47. The quantitative estimate of drug-likeness (QED) is 0.330. The number of rotatable bonds is 7. The fourth-order valence-electron chi connectivity index (χ4n) is 1.64. The van der Waals surface area contributed by atoms with Gasteiger partial charge in [-0.05, 0) is 18.2 Å². The van der Waals surface area contributed by atoms with Gasteiger partial charge in [0.1, 0.15) is 11.6 Å². The lowest BCUT2D eigenvalue weighted by atomic mass is 10.2. The number of carbonyl (C=O) groups excluding carboxylic acids is 1. The standard InChI is InChI=1S/C14H17ClN4O3/c15-12-7-11(17)1-2-13(12)18-14(22)10(8-16)9-19(3-5-20)4-6-21/h1-2,7,9,20-21H,3-6,17H2,(H,18,22)/b10-9-. The molecule has 8 heteroatoms. The third-order valence-electron chi connectivity index (χ3n) is 2.69. The van der Waals surface area contributed by atoms with Crippen molar-refractivity contribution in [2.45, 2.75) is 0 Å². The highest BCUT2D eigenvalue weighted by molar-refractivity contribution is 6.34. The van der Waals surface area contributed by atoms with Crippen LogP contribution in [-0.4, -0.2) is 47.3 Å². The van der Waals surface area contributed by atoms with Gasteiger partial charge in [-0.15, -0.1) is 0 Å². The summed E-state index contributed by atoms with van der Waals surface area (Å²) in [5.41, 5.74) is 6.18. The Balaban J connectivity index is 2.89. The smallest absolute Gasteiger partial charge is 0.267 e. The number of nitrogens with two attached hydrogens (primary N) is 1. The first-order valence-corrected chi connectivity index (χ1v) is 6.83. The molecule has 1 amide bonds. The Morgan fingerprint density at radius 1 is 1.41 bits per heavy atom. The zero-order chi connectivity index (χ0) is 16.5. The number of aliphatic hydroxyl groups excluding tert-OH is 2. The van der Waals surface area contributed by atoms with E-state index in [1.807, 2.05) is 0 Å². The van der Waals surface area contributed by atoms with Gasteiger partial charge in [0.25, 0.3) is 5.91 Å². The lowest BCUT2D eigenvalue weighted by molar-refractivity contribution is -0.112. The fraction of sp³-hybridized carbons (Fsp3) is 0.286. The zero-order valence-electron chi connectivity index (χ0n) is 11.8. The minimum atomic E-state index is -0.643. The van der Waals surface area contributed by atoms with E-state index in [1.165, 1.54) is 23.2 Å². The number of hydrogen-bond acceptors (Lipinski definition) is 6. The lowest BCUT2D eigenvalue weighted by Crippen LogP contribution is -2.26. The van der Waals surface area contributed by atoms with Gasteiger partial charge in [-0.25, -0.2) is 0 Å². The fourth-order valence-corrected chi connectivity index (χ4v) is 1.88. The summed E-state index contributed by atoms with van der Waals surface area (Å²) in [6, 6.07) is 6.36. The maximum Gasteiger partial charge on any atom is 0.267 e. The molecule has 0 unspecified atom stereocenters. The van der Waals surface area contributed by atoms with Crippen molar-refractivity contribution in [3.8, 4) is 6.07 Å². The van der Waals surface area contributed by atoms with Crippen molar-refractivity contribution in [3.05, 3.63) is 35.0 Å². The molecule has 22 heavy (non-hydrogen) atoms. The molecule has 0 aromatic heterocycles. The molecule has 0 saturated carbocycles. The molecule has 1 aromatic rings. The second kappa shape index (κ2) is 8.89. The van der Waals surface area contributed by atoms with Gasteiger partial charge in [0.15, 0.2) is 0 Å². The molecule has 0 aliphatic carbocycles. The molecule has 7 nitrogen and oxygen atoms in total. The molecule has 0 bridgehead atoms. The summed E-state index contributed by atoms with van der Waals surface area (Å²) in [7, 11) is 0. The molecule has 0 spiro atoms.